The smallest absolute Gasteiger partial charge is 0.243 e. The van der Waals surface area contributed by atoms with Crippen LogP contribution in [0.15, 0.2) is 42.9 Å². The number of aromatic amines is 1. The molecule has 45 heavy (non-hydrogen) atoms. The van der Waals surface area contributed by atoms with Gasteiger partial charge in [0.2, 0.25) is 35.4 Å². The van der Waals surface area contributed by atoms with Gasteiger partial charge in [-0.2, -0.15) is 0 Å². The normalized spacial score (nSPS) is 16.9. The molecule has 1 aromatic heterocycles. The van der Waals surface area contributed by atoms with Crippen molar-refractivity contribution in [2.24, 2.45) is 5.92 Å². The minimum absolute atomic E-state index is 0.142. The first-order valence-electron chi connectivity index (χ1n) is 15.2. The average molecular weight is 625 g/mol. The largest absolute Gasteiger partial charge is 0.350 e. The third-order valence-corrected chi connectivity index (χ3v) is 7.82. The Morgan fingerprint density at radius 1 is 0.978 bits per heavy atom. The van der Waals surface area contributed by atoms with Crippen LogP contribution in [0.3, 0.4) is 0 Å². The highest BCUT2D eigenvalue weighted by atomic mass is 16.2. The quantitative estimate of drug-likeness (QED) is 0.159. The maximum atomic E-state index is 13.3. The molecule has 1 aliphatic heterocycles. The zero-order valence-corrected chi connectivity index (χ0v) is 26.2. The summed E-state index contributed by atoms with van der Waals surface area (Å²) in [5, 5.41) is 13.4. The number of nitrogens with zero attached hydrogens (tertiary/aromatic N) is 2. The number of hydrogen-bond donors (Lipinski definition) is 6. The zero-order valence-electron chi connectivity index (χ0n) is 26.2. The van der Waals surface area contributed by atoms with Crippen molar-refractivity contribution < 1.29 is 28.8 Å². The van der Waals surface area contributed by atoms with E-state index < -0.39 is 53.7 Å². The SMILES string of the molecule is CC[C@H](C)[C@H](NC(=O)[C@H]1CCCN1C(=O)CNC(=O)[C@H](C)NC(=O)[C@H](Cc1cnc[nH]1)NC(C)=O)C(=O)NCc1ccccc1. The van der Waals surface area contributed by atoms with Gasteiger partial charge in [-0.15, -0.1) is 0 Å². The number of carbonyl (C=O) groups excluding carboxylic acids is 6. The van der Waals surface area contributed by atoms with Gasteiger partial charge in [0.05, 0.1) is 12.9 Å². The monoisotopic (exact) mass is 624 g/mol. The molecule has 14 heteroatoms. The first-order chi connectivity index (χ1) is 21.5. The molecule has 3 rings (SSSR count). The maximum absolute atomic E-state index is 13.3. The molecular weight excluding hydrogens is 580 g/mol. The van der Waals surface area contributed by atoms with Crippen molar-refractivity contribution in [1.82, 2.24) is 41.5 Å². The highest BCUT2D eigenvalue weighted by Crippen LogP contribution is 2.19. The van der Waals surface area contributed by atoms with Crippen LogP contribution in [0.1, 0.15) is 58.2 Å². The van der Waals surface area contributed by atoms with E-state index in [1.807, 2.05) is 44.2 Å². The molecule has 6 N–H and O–H groups in total. The van der Waals surface area contributed by atoms with Crippen molar-refractivity contribution in [3.63, 3.8) is 0 Å². The van der Waals surface area contributed by atoms with E-state index in [1.54, 1.807) is 0 Å². The topological polar surface area (TPSA) is 194 Å². The number of H-pyrrole nitrogens is 1. The lowest BCUT2D eigenvalue weighted by Crippen LogP contribution is -2.56. The van der Waals surface area contributed by atoms with E-state index in [9.17, 15) is 28.8 Å². The van der Waals surface area contributed by atoms with Crippen LogP contribution in [0, 0.1) is 5.92 Å². The maximum Gasteiger partial charge on any atom is 0.243 e. The average Bonchev–Trinajstić information content (AvgIpc) is 3.73. The Morgan fingerprint density at radius 2 is 1.71 bits per heavy atom. The van der Waals surface area contributed by atoms with Crippen LogP contribution in [0.5, 0.6) is 0 Å². The van der Waals surface area contributed by atoms with E-state index in [-0.39, 0.29) is 24.8 Å². The second kappa shape index (κ2) is 16.9. The number of benzene rings is 1. The van der Waals surface area contributed by atoms with Gasteiger partial charge in [0.1, 0.15) is 24.2 Å². The molecule has 0 saturated carbocycles. The van der Waals surface area contributed by atoms with Crippen LogP contribution in [-0.4, -0.2) is 87.6 Å². The van der Waals surface area contributed by atoms with Gasteiger partial charge in [-0.1, -0.05) is 50.6 Å². The van der Waals surface area contributed by atoms with E-state index in [2.05, 4.69) is 36.6 Å². The number of carbonyl (C=O) groups is 6. The number of likely N-dealkylation sites (tertiary alicyclic amines) is 1. The van der Waals surface area contributed by atoms with Crippen LogP contribution in [-0.2, 0) is 41.7 Å². The molecule has 1 fully saturated rings. The highest BCUT2D eigenvalue weighted by molar-refractivity contribution is 5.95. The number of imidazole rings is 1. The Kier molecular flexibility index (Phi) is 13.1. The van der Waals surface area contributed by atoms with Gasteiger partial charge in [0, 0.05) is 38.3 Å². The number of nitrogens with one attached hydrogen (secondary N) is 6. The molecule has 6 amide bonds. The second-order valence-electron chi connectivity index (χ2n) is 11.3. The molecule has 2 aromatic rings. The van der Waals surface area contributed by atoms with Gasteiger partial charge >= 0.3 is 0 Å². The summed E-state index contributed by atoms with van der Waals surface area (Å²) in [7, 11) is 0. The second-order valence-corrected chi connectivity index (χ2v) is 11.3. The molecule has 1 saturated heterocycles. The summed E-state index contributed by atoms with van der Waals surface area (Å²) in [6.07, 6.45) is 4.81. The molecule has 0 aliphatic carbocycles. The van der Waals surface area contributed by atoms with E-state index in [0.717, 1.165) is 5.56 Å². The van der Waals surface area contributed by atoms with Crippen molar-refractivity contribution >= 4 is 35.4 Å². The highest BCUT2D eigenvalue weighted by Gasteiger charge is 2.37. The summed E-state index contributed by atoms with van der Waals surface area (Å²) in [6, 6.07) is 5.96. The predicted molar refractivity (Wildman–Crippen MR) is 165 cm³/mol. The fraction of sp³-hybridized carbons (Fsp3) is 0.516. The Hall–Kier alpha value is -4.75. The third-order valence-electron chi connectivity index (χ3n) is 7.82. The van der Waals surface area contributed by atoms with Crippen molar-refractivity contribution in [2.45, 2.75) is 84.1 Å². The molecule has 0 bridgehead atoms. The summed E-state index contributed by atoms with van der Waals surface area (Å²) in [5.74, 6) is -2.91. The lowest BCUT2D eigenvalue weighted by atomic mass is 9.97. The molecule has 0 radical (unpaired) electrons. The van der Waals surface area contributed by atoms with Crippen LogP contribution in [0.4, 0.5) is 0 Å². The Bertz CT molecular complexity index is 1320. The predicted octanol–water partition coefficient (Wildman–Crippen LogP) is -0.0839. The summed E-state index contributed by atoms with van der Waals surface area (Å²) in [4.78, 5) is 84.9. The van der Waals surface area contributed by atoms with E-state index in [1.165, 1.54) is 31.3 Å². The van der Waals surface area contributed by atoms with Crippen LogP contribution in [0.25, 0.3) is 0 Å². The zero-order chi connectivity index (χ0) is 32.9. The molecule has 0 unspecified atom stereocenters. The molecule has 0 spiro atoms. The molecule has 1 aliphatic rings. The number of hydrogen-bond acceptors (Lipinski definition) is 7. The number of aromatic nitrogens is 2. The van der Waals surface area contributed by atoms with Crippen LogP contribution in [0.2, 0.25) is 0 Å². The minimum atomic E-state index is -1.01. The Morgan fingerprint density at radius 3 is 2.36 bits per heavy atom. The van der Waals surface area contributed by atoms with E-state index in [4.69, 9.17) is 0 Å². The van der Waals surface area contributed by atoms with Crippen molar-refractivity contribution in [2.75, 3.05) is 13.1 Å². The molecule has 244 valence electrons. The van der Waals surface area contributed by atoms with Crippen molar-refractivity contribution in [1.29, 1.82) is 0 Å². The van der Waals surface area contributed by atoms with Crippen molar-refractivity contribution in [3.8, 4) is 0 Å². The first-order valence-corrected chi connectivity index (χ1v) is 15.2. The van der Waals surface area contributed by atoms with Gasteiger partial charge in [-0.25, -0.2) is 4.98 Å². The lowest BCUT2D eigenvalue weighted by Gasteiger charge is -2.28. The molecular formula is C31H44N8O6. The van der Waals surface area contributed by atoms with Gasteiger partial charge in [0.15, 0.2) is 0 Å². The molecule has 14 nitrogen and oxygen atoms in total. The first kappa shape index (κ1) is 34.7. The molecule has 2 heterocycles. The molecule has 1 aromatic carbocycles. The minimum Gasteiger partial charge on any atom is -0.350 e. The van der Waals surface area contributed by atoms with Gasteiger partial charge in [0.25, 0.3) is 0 Å². The van der Waals surface area contributed by atoms with Crippen LogP contribution >= 0.6 is 0 Å². The van der Waals surface area contributed by atoms with Crippen LogP contribution < -0.4 is 26.6 Å². The van der Waals surface area contributed by atoms with E-state index in [0.29, 0.717) is 38.0 Å². The van der Waals surface area contributed by atoms with E-state index >= 15 is 0 Å². The lowest BCUT2D eigenvalue weighted by molar-refractivity contribution is -0.140. The molecule has 5 atom stereocenters. The van der Waals surface area contributed by atoms with Gasteiger partial charge in [-0.3, -0.25) is 28.8 Å². The Labute approximate surface area is 262 Å². The van der Waals surface area contributed by atoms with Gasteiger partial charge in [-0.05, 0) is 31.2 Å². The standard InChI is InChI=1S/C31H44N8O6/c1-5-19(2)27(31(45)33-15-22-10-7-6-8-11-22)38-30(44)25-12-9-13-39(25)26(41)17-34-28(42)20(3)36-29(43)24(37-21(4)40)14-23-16-32-18-35-23/h6-8,10-11,16,18-20,24-25,27H,5,9,12-15,17H2,1-4H3,(H,32,35)(H,33,45)(H,34,42)(H,36,43)(H,37,40)(H,38,44)/t19-,20-,24-,25+,27-/m0/s1. The van der Waals surface area contributed by atoms with Gasteiger partial charge < -0.3 is 36.5 Å². The Balaban J connectivity index is 1.53. The summed E-state index contributed by atoms with van der Waals surface area (Å²) in [6.45, 7) is 6.85. The fourth-order valence-electron chi connectivity index (χ4n) is 5.05. The number of rotatable bonds is 15. The fourth-order valence-corrected chi connectivity index (χ4v) is 5.05. The third kappa shape index (κ3) is 10.4. The van der Waals surface area contributed by atoms with Crippen molar-refractivity contribution in [3.05, 3.63) is 54.1 Å². The summed E-state index contributed by atoms with van der Waals surface area (Å²) in [5.41, 5.74) is 1.56. The summed E-state index contributed by atoms with van der Waals surface area (Å²) < 4.78 is 0. The summed E-state index contributed by atoms with van der Waals surface area (Å²) >= 11 is 0. The number of amides is 6.